The van der Waals surface area contributed by atoms with Crippen LogP contribution in [0.5, 0.6) is 5.75 Å². The second kappa shape index (κ2) is 6.88. The van der Waals surface area contributed by atoms with Gasteiger partial charge in [-0.25, -0.2) is 8.78 Å². The summed E-state index contributed by atoms with van der Waals surface area (Å²) in [6, 6.07) is 11.0. The average molecular weight is 276 g/mol. The molecule has 2 aromatic rings. The maximum atomic E-state index is 12.3. The van der Waals surface area contributed by atoms with Crippen LogP contribution in [0, 0.1) is 11.8 Å². The Balaban J connectivity index is 2.45. The largest absolute Gasteiger partial charge is 0.486 e. The highest BCUT2D eigenvalue weighted by Gasteiger charge is 2.09. The van der Waals surface area contributed by atoms with Crippen molar-refractivity contribution in [2.24, 2.45) is 0 Å². The third kappa shape index (κ3) is 3.46. The number of halogens is 2. The van der Waals surface area contributed by atoms with Crippen LogP contribution in [0.1, 0.15) is 12.0 Å². The van der Waals surface area contributed by atoms with Crippen molar-refractivity contribution in [2.45, 2.75) is 12.8 Å². The summed E-state index contributed by atoms with van der Waals surface area (Å²) in [5.74, 6) is 6.05. The van der Waals surface area contributed by atoms with E-state index in [1.165, 1.54) is 0 Å². The van der Waals surface area contributed by atoms with Gasteiger partial charge in [0.2, 0.25) is 0 Å². The lowest BCUT2D eigenvalue weighted by Gasteiger charge is -2.10. The Morgan fingerprint density at radius 2 is 1.95 bits per heavy atom. The van der Waals surface area contributed by atoms with Crippen molar-refractivity contribution in [3.63, 3.8) is 0 Å². The topological polar surface area (TPSA) is 29.5 Å². The lowest BCUT2D eigenvalue weighted by molar-refractivity contribution is 0.0818. The van der Waals surface area contributed by atoms with Gasteiger partial charge in [0.15, 0.2) is 0 Å². The quantitative estimate of drug-likeness (QED) is 0.869. The Morgan fingerprint density at radius 1 is 1.15 bits per heavy atom. The smallest absolute Gasteiger partial charge is 0.272 e. The number of alkyl halides is 2. The van der Waals surface area contributed by atoms with Crippen molar-refractivity contribution < 1.29 is 18.6 Å². The third-order valence-corrected chi connectivity index (χ3v) is 2.71. The predicted molar refractivity (Wildman–Crippen MR) is 74.0 cm³/mol. The summed E-state index contributed by atoms with van der Waals surface area (Å²) in [7, 11) is 0. The van der Waals surface area contributed by atoms with Crippen LogP contribution in [0.25, 0.3) is 10.8 Å². The molecule has 104 valence electrons. The van der Waals surface area contributed by atoms with Gasteiger partial charge in [-0.2, -0.15) is 0 Å². The number of aliphatic hydroxyl groups excluding tert-OH is 1. The first-order chi connectivity index (χ1) is 9.72. The van der Waals surface area contributed by atoms with Gasteiger partial charge in [-0.1, -0.05) is 42.2 Å². The molecule has 2 rings (SSSR count). The highest BCUT2D eigenvalue weighted by Crippen LogP contribution is 2.27. The van der Waals surface area contributed by atoms with Crippen molar-refractivity contribution in [1.82, 2.24) is 0 Å². The molecule has 2 aromatic carbocycles. The number of hydrogen-bond acceptors (Lipinski definition) is 2. The Labute approximate surface area is 116 Å². The third-order valence-electron chi connectivity index (χ3n) is 2.71. The summed E-state index contributed by atoms with van der Waals surface area (Å²) in [5.41, 5.74) is 0.581. The molecule has 2 nitrogen and oxygen atoms in total. The second-order valence-electron chi connectivity index (χ2n) is 4.14. The van der Waals surface area contributed by atoms with Crippen molar-refractivity contribution in [2.75, 3.05) is 13.2 Å². The Kier molecular flexibility index (Phi) is 4.91. The lowest BCUT2D eigenvalue weighted by atomic mass is 10.0. The summed E-state index contributed by atoms with van der Waals surface area (Å²) in [6.07, 6.45) is -2.20. The maximum Gasteiger partial charge on any atom is 0.272 e. The monoisotopic (exact) mass is 276 g/mol. The predicted octanol–water partition coefficient (Wildman–Crippen LogP) is 3.22. The molecular formula is C16H14F2O2. The molecule has 0 atom stereocenters. The van der Waals surface area contributed by atoms with Gasteiger partial charge in [0.05, 0.1) is 12.2 Å². The summed E-state index contributed by atoms with van der Waals surface area (Å²) >= 11 is 0. The SMILES string of the molecule is OCCC#Cc1c(OCC(F)F)ccc2ccccc12. The van der Waals surface area contributed by atoms with E-state index in [4.69, 9.17) is 9.84 Å². The summed E-state index contributed by atoms with van der Waals surface area (Å²) in [6.45, 7) is -0.696. The molecule has 0 aliphatic heterocycles. The highest BCUT2D eigenvalue weighted by atomic mass is 19.3. The molecule has 0 saturated carbocycles. The highest BCUT2D eigenvalue weighted by molar-refractivity contribution is 5.90. The lowest BCUT2D eigenvalue weighted by Crippen LogP contribution is -2.08. The average Bonchev–Trinajstić information content (AvgIpc) is 2.46. The molecule has 20 heavy (non-hydrogen) atoms. The first-order valence-corrected chi connectivity index (χ1v) is 6.25. The minimum Gasteiger partial charge on any atom is -0.486 e. The summed E-state index contributed by atoms with van der Waals surface area (Å²) in [5, 5.41) is 10.6. The Morgan fingerprint density at radius 3 is 2.70 bits per heavy atom. The zero-order valence-corrected chi connectivity index (χ0v) is 10.8. The number of rotatable bonds is 4. The van der Waals surface area contributed by atoms with Gasteiger partial charge in [-0.3, -0.25) is 0 Å². The van der Waals surface area contributed by atoms with E-state index in [0.717, 1.165) is 10.8 Å². The van der Waals surface area contributed by atoms with Gasteiger partial charge in [0.1, 0.15) is 12.4 Å². The van der Waals surface area contributed by atoms with Gasteiger partial charge in [0.25, 0.3) is 6.43 Å². The Hall–Kier alpha value is -2.12. The second-order valence-corrected chi connectivity index (χ2v) is 4.14. The van der Waals surface area contributed by atoms with E-state index in [0.29, 0.717) is 17.7 Å². The van der Waals surface area contributed by atoms with Crippen molar-refractivity contribution in [1.29, 1.82) is 0 Å². The van der Waals surface area contributed by atoms with E-state index < -0.39 is 13.0 Å². The fraction of sp³-hybridized carbons (Fsp3) is 0.250. The molecule has 0 aromatic heterocycles. The van der Waals surface area contributed by atoms with Crippen LogP contribution in [0.4, 0.5) is 8.78 Å². The molecule has 0 amide bonds. The molecule has 4 heteroatoms. The van der Waals surface area contributed by atoms with Crippen LogP contribution in [-0.4, -0.2) is 24.7 Å². The van der Waals surface area contributed by atoms with Crippen molar-refractivity contribution >= 4 is 10.8 Å². The standard InChI is InChI=1S/C16H14F2O2/c17-16(18)11-20-15-9-8-12-5-1-2-6-13(12)14(15)7-3-4-10-19/h1-2,5-6,8-9,16,19H,4,10-11H2. The van der Waals surface area contributed by atoms with Gasteiger partial charge < -0.3 is 9.84 Å². The van der Waals surface area contributed by atoms with E-state index >= 15 is 0 Å². The summed E-state index contributed by atoms with van der Waals surface area (Å²) in [4.78, 5) is 0. The molecule has 1 N–H and O–H groups in total. The molecule has 0 radical (unpaired) electrons. The maximum absolute atomic E-state index is 12.3. The van der Waals surface area contributed by atoms with Crippen molar-refractivity contribution in [3.05, 3.63) is 42.0 Å². The van der Waals surface area contributed by atoms with E-state index in [2.05, 4.69) is 11.8 Å². The van der Waals surface area contributed by atoms with E-state index in [1.807, 2.05) is 30.3 Å². The van der Waals surface area contributed by atoms with Gasteiger partial charge in [0, 0.05) is 11.8 Å². The number of benzene rings is 2. The van der Waals surface area contributed by atoms with Crippen LogP contribution in [0.3, 0.4) is 0 Å². The minimum atomic E-state index is -2.53. The minimum absolute atomic E-state index is 0.0367. The normalized spacial score (nSPS) is 10.4. The van der Waals surface area contributed by atoms with E-state index in [1.54, 1.807) is 6.07 Å². The molecule has 0 aliphatic rings. The molecule has 0 heterocycles. The number of aliphatic hydroxyl groups is 1. The number of ether oxygens (including phenoxy) is 1. The van der Waals surface area contributed by atoms with E-state index in [-0.39, 0.29) is 6.61 Å². The molecule has 0 aliphatic carbocycles. The Bertz CT molecular complexity index is 642. The van der Waals surface area contributed by atoms with Crippen LogP contribution in [0.2, 0.25) is 0 Å². The van der Waals surface area contributed by atoms with Crippen molar-refractivity contribution in [3.8, 4) is 17.6 Å². The first kappa shape index (κ1) is 14.3. The fourth-order valence-corrected chi connectivity index (χ4v) is 1.86. The molecule has 0 fully saturated rings. The molecule has 0 bridgehead atoms. The van der Waals surface area contributed by atoms with Crippen LogP contribution >= 0.6 is 0 Å². The molecule has 0 unspecified atom stereocenters. The summed E-state index contributed by atoms with van der Waals surface area (Å²) < 4.78 is 29.7. The first-order valence-electron chi connectivity index (χ1n) is 6.25. The fourth-order valence-electron chi connectivity index (χ4n) is 1.86. The molecule has 0 spiro atoms. The molecule has 0 saturated heterocycles. The van der Waals surface area contributed by atoms with Gasteiger partial charge in [-0.05, 0) is 11.5 Å². The number of hydrogen-bond donors (Lipinski definition) is 1. The van der Waals surface area contributed by atoms with Crippen LogP contribution in [0.15, 0.2) is 36.4 Å². The molecular weight excluding hydrogens is 262 g/mol. The zero-order chi connectivity index (χ0) is 14.4. The zero-order valence-electron chi connectivity index (χ0n) is 10.8. The van der Waals surface area contributed by atoms with Gasteiger partial charge >= 0.3 is 0 Å². The van der Waals surface area contributed by atoms with E-state index in [9.17, 15) is 8.78 Å². The van der Waals surface area contributed by atoms with Gasteiger partial charge in [-0.15, -0.1) is 0 Å². The van der Waals surface area contributed by atoms with Crippen LogP contribution in [-0.2, 0) is 0 Å². The number of fused-ring (bicyclic) bond motifs is 1. The van der Waals surface area contributed by atoms with Crippen LogP contribution < -0.4 is 4.74 Å².